The first-order chi connectivity index (χ1) is 12.4. The van der Waals surface area contributed by atoms with E-state index in [0.29, 0.717) is 21.7 Å². The number of amides is 1. The van der Waals surface area contributed by atoms with Gasteiger partial charge >= 0.3 is 0 Å². The van der Waals surface area contributed by atoms with Gasteiger partial charge in [-0.25, -0.2) is 9.97 Å². The van der Waals surface area contributed by atoms with Gasteiger partial charge in [0, 0.05) is 27.6 Å². The van der Waals surface area contributed by atoms with Crippen molar-refractivity contribution in [2.45, 2.75) is 13.8 Å². The molecule has 0 fully saturated rings. The lowest BCUT2D eigenvalue weighted by Gasteiger charge is -2.10. The summed E-state index contributed by atoms with van der Waals surface area (Å²) in [5.41, 5.74) is 3.54. The van der Waals surface area contributed by atoms with Gasteiger partial charge < -0.3 is 10.6 Å². The third-order valence-corrected chi connectivity index (χ3v) is 4.41. The number of benzene rings is 2. The molecule has 0 aliphatic rings. The number of aromatic nitrogens is 2. The summed E-state index contributed by atoms with van der Waals surface area (Å²) in [5, 5.41) is 7.04. The second-order valence-corrected chi connectivity index (χ2v) is 6.61. The van der Waals surface area contributed by atoms with Gasteiger partial charge in [0.2, 0.25) is 5.95 Å². The zero-order valence-corrected chi connectivity index (χ0v) is 15.7. The van der Waals surface area contributed by atoms with Gasteiger partial charge in [-0.1, -0.05) is 35.3 Å². The lowest BCUT2D eigenvalue weighted by Crippen LogP contribution is -2.15. The predicted octanol–water partition coefficient (Wildman–Crippen LogP) is 5.40. The van der Waals surface area contributed by atoms with Crippen molar-refractivity contribution >= 4 is 46.4 Å². The molecule has 0 atom stereocenters. The van der Waals surface area contributed by atoms with Gasteiger partial charge in [-0.2, -0.15) is 0 Å². The molecule has 0 saturated heterocycles. The standard InChI is InChI=1S/C19H16Cl2N4O/c1-11-4-6-14(10-15(11)21)23-18(26)16-7-8-22-19(24-16)25-17-9-13(20)5-3-12(17)2/h3-10H,1-2H3,(H,23,26)(H,22,24,25). The Hall–Kier alpha value is -2.63. The smallest absolute Gasteiger partial charge is 0.274 e. The summed E-state index contributed by atoms with van der Waals surface area (Å²) in [6.45, 7) is 3.84. The van der Waals surface area contributed by atoms with Crippen LogP contribution >= 0.6 is 23.2 Å². The fraction of sp³-hybridized carbons (Fsp3) is 0.105. The highest BCUT2D eigenvalue weighted by atomic mass is 35.5. The van der Waals surface area contributed by atoms with Gasteiger partial charge in [-0.15, -0.1) is 0 Å². The molecule has 3 aromatic rings. The van der Waals surface area contributed by atoms with Crippen molar-refractivity contribution < 1.29 is 4.79 Å². The van der Waals surface area contributed by atoms with Crippen LogP contribution in [0.1, 0.15) is 21.6 Å². The van der Waals surface area contributed by atoms with Crippen LogP contribution in [0.15, 0.2) is 48.7 Å². The van der Waals surface area contributed by atoms with Crippen molar-refractivity contribution in [3.63, 3.8) is 0 Å². The second kappa shape index (κ2) is 7.72. The predicted molar refractivity (Wildman–Crippen MR) is 106 cm³/mol. The van der Waals surface area contributed by atoms with Crippen LogP contribution in [0.3, 0.4) is 0 Å². The average molecular weight is 387 g/mol. The summed E-state index contributed by atoms with van der Waals surface area (Å²) >= 11 is 12.1. The summed E-state index contributed by atoms with van der Waals surface area (Å²) in [6, 6.07) is 12.3. The Morgan fingerprint density at radius 2 is 1.77 bits per heavy atom. The summed E-state index contributed by atoms with van der Waals surface area (Å²) in [7, 11) is 0. The van der Waals surface area contributed by atoms with Crippen LogP contribution in [-0.4, -0.2) is 15.9 Å². The number of halogens is 2. The number of anilines is 3. The summed E-state index contributed by atoms with van der Waals surface area (Å²) in [4.78, 5) is 20.9. The number of aryl methyl sites for hydroxylation is 2. The normalized spacial score (nSPS) is 10.5. The minimum absolute atomic E-state index is 0.235. The lowest BCUT2D eigenvalue weighted by molar-refractivity contribution is 0.102. The van der Waals surface area contributed by atoms with E-state index in [9.17, 15) is 4.79 Å². The fourth-order valence-electron chi connectivity index (χ4n) is 2.26. The Morgan fingerprint density at radius 1 is 1.00 bits per heavy atom. The van der Waals surface area contributed by atoms with E-state index >= 15 is 0 Å². The highest BCUT2D eigenvalue weighted by molar-refractivity contribution is 6.31. The summed E-state index contributed by atoms with van der Waals surface area (Å²) in [5.74, 6) is -0.0388. The molecule has 3 rings (SSSR count). The molecule has 26 heavy (non-hydrogen) atoms. The number of nitrogens with zero attached hydrogens (tertiary/aromatic N) is 2. The first-order valence-corrected chi connectivity index (χ1v) is 8.62. The van der Waals surface area contributed by atoms with Crippen molar-refractivity contribution in [1.29, 1.82) is 0 Å². The van der Waals surface area contributed by atoms with E-state index in [4.69, 9.17) is 23.2 Å². The van der Waals surface area contributed by atoms with Crippen LogP contribution in [0.2, 0.25) is 10.0 Å². The van der Waals surface area contributed by atoms with Crippen LogP contribution in [0.25, 0.3) is 0 Å². The zero-order valence-electron chi connectivity index (χ0n) is 14.2. The Kier molecular flexibility index (Phi) is 5.40. The monoisotopic (exact) mass is 386 g/mol. The highest BCUT2D eigenvalue weighted by Crippen LogP contribution is 2.23. The SMILES string of the molecule is Cc1ccc(NC(=O)c2ccnc(Nc3cc(Cl)ccc3C)n2)cc1Cl. The number of nitrogens with one attached hydrogen (secondary N) is 2. The maximum Gasteiger partial charge on any atom is 0.274 e. The molecule has 1 amide bonds. The molecule has 1 aromatic heterocycles. The van der Waals surface area contributed by atoms with Crippen molar-refractivity contribution in [2.75, 3.05) is 10.6 Å². The quantitative estimate of drug-likeness (QED) is 0.629. The largest absolute Gasteiger partial charge is 0.324 e. The number of rotatable bonds is 4. The molecule has 2 N–H and O–H groups in total. The van der Waals surface area contributed by atoms with Gasteiger partial charge in [0.05, 0.1) is 0 Å². The second-order valence-electron chi connectivity index (χ2n) is 5.77. The first kappa shape index (κ1) is 18.2. The molecule has 0 bridgehead atoms. The fourth-order valence-corrected chi connectivity index (χ4v) is 2.61. The average Bonchev–Trinajstić information content (AvgIpc) is 2.61. The van der Waals surface area contributed by atoms with Crippen LogP contribution in [0.4, 0.5) is 17.3 Å². The maximum atomic E-state index is 12.4. The number of hydrogen-bond acceptors (Lipinski definition) is 4. The van der Waals surface area contributed by atoms with E-state index < -0.39 is 0 Å². The van der Waals surface area contributed by atoms with E-state index in [1.165, 1.54) is 6.20 Å². The summed E-state index contributed by atoms with van der Waals surface area (Å²) in [6.07, 6.45) is 1.52. The summed E-state index contributed by atoms with van der Waals surface area (Å²) < 4.78 is 0. The molecule has 2 aromatic carbocycles. The topological polar surface area (TPSA) is 66.9 Å². The van der Waals surface area contributed by atoms with Crippen LogP contribution in [-0.2, 0) is 0 Å². The van der Waals surface area contributed by atoms with Crippen LogP contribution in [0, 0.1) is 13.8 Å². The molecule has 0 aliphatic carbocycles. The van der Waals surface area contributed by atoms with Crippen LogP contribution < -0.4 is 10.6 Å². The van der Waals surface area contributed by atoms with E-state index in [0.717, 1.165) is 16.8 Å². The zero-order chi connectivity index (χ0) is 18.7. The molecule has 0 spiro atoms. The Labute approximate surface area is 161 Å². The van der Waals surface area contributed by atoms with Crippen LogP contribution in [0.5, 0.6) is 0 Å². The Balaban J connectivity index is 1.78. The minimum atomic E-state index is -0.349. The molecular weight excluding hydrogens is 371 g/mol. The van der Waals surface area contributed by atoms with E-state index in [1.54, 1.807) is 30.3 Å². The highest BCUT2D eigenvalue weighted by Gasteiger charge is 2.11. The molecule has 0 radical (unpaired) electrons. The maximum absolute atomic E-state index is 12.4. The van der Waals surface area contributed by atoms with Gasteiger partial charge in [0.1, 0.15) is 5.69 Å². The van der Waals surface area contributed by atoms with Gasteiger partial charge in [0.15, 0.2) is 0 Å². The van der Waals surface area contributed by atoms with Gasteiger partial charge in [0.25, 0.3) is 5.91 Å². The molecule has 1 heterocycles. The number of hydrogen-bond donors (Lipinski definition) is 2. The molecule has 5 nitrogen and oxygen atoms in total. The minimum Gasteiger partial charge on any atom is -0.324 e. The van der Waals surface area contributed by atoms with E-state index in [-0.39, 0.29) is 11.6 Å². The van der Waals surface area contributed by atoms with Gasteiger partial charge in [-0.05, 0) is 55.3 Å². The molecule has 0 unspecified atom stereocenters. The molecule has 0 saturated carbocycles. The van der Waals surface area contributed by atoms with Crippen molar-refractivity contribution in [3.8, 4) is 0 Å². The van der Waals surface area contributed by atoms with Gasteiger partial charge in [-0.3, -0.25) is 4.79 Å². The molecular formula is C19H16Cl2N4O. The number of carbonyl (C=O) groups excluding carboxylic acids is 1. The van der Waals surface area contributed by atoms with Crippen molar-refractivity contribution in [3.05, 3.63) is 75.5 Å². The third-order valence-electron chi connectivity index (χ3n) is 3.76. The molecule has 0 aliphatic heterocycles. The van der Waals surface area contributed by atoms with E-state index in [2.05, 4.69) is 20.6 Å². The third kappa shape index (κ3) is 4.31. The Morgan fingerprint density at radius 3 is 2.54 bits per heavy atom. The Bertz CT molecular complexity index is 976. The lowest BCUT2D eigenvalue weighted by atomic mass is 10.2. The molecule has 7 heteroatoms. The van der Waals surface area contributed by atoms with Crippen molar-refractivity contribution in [2.24, 2.45) is 0 Å². The number of carbonyl (C=O) groups is 1. The van der Waals surface area contributed by atoms with Crippen molar-refractivity contribution in [1.82, 2.24) is 9.97 Å². The van der Waals surface area contributed by atoms with E-state index in [1.807, 2.05) is 26.0 Å². The molecule has 132 valence electrons. The first-order valence-electron chi connectivity index (χ1n) is 7.86.